The third-order valence-electron chi connectivity index (χ3n) is 5.11. The average molecular weight is 445 g/mol. The van der Waals surface area contributed by atoms with Crippen LogP contribution in [0, 0.1) is 24.0 Å². The molecule has 1 N–H and O–H groups in total. The van der Waals surface area contributed by atoms with Crippen LogP contribution in [0.3, 0.4) is 0 Å². The molecule has 0 radical (unpaired) electrons. The number of hydrogen-bond acceptors (Lipinski definition) is 7. The first-order valence-electron chi connectivity index (χ1n) is 9.86. The Morgan fingerprint density at radius 3 is 2.61 bits per heavy atom. The maximum Gasteiger partial charge on any atom is 0.269 e. The van der Waals surface area contributed by atoms with Gasteiger partial charge in [0.25, 0.3) is 5.69 Å². The number of nitrogens with one attached hydrogen (secondary N) is 1. The smallest absolute Gasteiger partial charge is 0.269 e. The highest BCUT2D eigenvalue weighted by atomic mass is 32.1. The Morgan fingerprint density at radius 1 is 1.32 bits per heavy atom. The van der Waals surface area contributed by atoms with E-state index in [0.717, 1.165) is 6.54 Å². The standard InChI is InChI=1S/C21H24N4O5S/c1-12-20(31-13(2)22-12)18(26)16-17(14-7-5-8-15(11-14)25(29)30)24(21(28)19(16)27)10-6-9-23(3)4/h5,7-8,11,17,27H,6,9-10H2,1-4H3. The summed E-state index contributed by atoms with van der Waals surface area (Å²) < 4.78 is 0. The highest BCUT2D eigenvalue weighted by molar-refractivity contribution is 7.14. The Bertz CT molecular complexity index is 1080. The van der Waals surface area contributed by atoms with Crippen LogP contribution >= 0.6 is 11.3 Å². The number of ketones is 1. The van der Waals surface area contributed by atoms with Gasteiger partial charge in [-0.2, -0.15) is 0 Å². The van der Waals surface area contributed by atoms with Gasteiger partial charge in [-0.1, -0.05) is 12.1 Å². The first kappa shape index (κ1) is 22.6. The van der Waals surface area contributed by atoms with Crippen LogP contribution in [0.2, 0.25) is 0 Å². The maximum absolute atomic E-state index is 13.4. The molecule has 31 heavy (non-hydrogen) atoms. The van der Waals surface area contributed by atoms with Crippen LogP contribution in [0.1, 0.15) is 38.4 Å². The van der Waals surface area contributed by atoms with Gasteiger partial charge in [0.05, 0.1) is 47.2 Å². The Balaban J connectivity index is 2.08. The summed E-state index contributed by atoms with van der Waals surface area (Å²) in [5, 5.41) is 24.9. The predicted octanol–water partition coefficient (Wildman–Crippen LogP) is 0.583. The quantitative estimate of drug-likeness (QED) is 0.361. The van der Waals surface area contributed by atoms with E-state index in [9.17, 15) is 24.8 Å². The van der Waals surface area contributed by atoms with Crippen molar-refractivity contribution in [2.45, 2.75) is 26.3 Å². The van der Waals surface area contributed by atoms with Crippen LogP contribution in [0.25, 0.3) is 0 Å². The Kier molecular flexibility index (Phi) is 6.51. The minimum atomic E-state index is -0.966. The number of carbonyl (C=O) groups excluding carboxylic acids is 2. The van der Waals surface area contributed by atoms with E-state index in [2.05, 4.69) is 4.98 Å². The molecule has 0 aliphatic carbocycles. The molecule has 1 unspecified atom stereocenters. The van der Waals surface area contributed by atoms with Crippen LogP contribution < -0.4 is 10.0 Å². The molecule has 9 nitrogen and oxygen atoms in total. The fraction of sp³-hybridized carbons (Fsp3) is 0.381. The van der Waals surface area contributed by atoms with Gasteiger partial charge in [-0.25, -0.2) is 4.98 Å². The number of quaternary nitrogens is 1. The number of nitro groups is 1. The summed E-state index contributed by atoms with van der Waals surface area (Å²) in [6.07, 6.45) is 0.618. The van der Waals surface area contributed by atoms with Crippen molar-refractivity contribution >= 4 is 28.7 Å². The lowest BCUT2D eigenvalue weighted by Crippen LogP contribution is -3.05. The lowest BCUT2D eigenvalue weighted by molar-refractivity contribution is -0.858. The highest BCUT2D eigenvalue weighted by Gasteiger charge is 2.40. The molecule has 1 amide bonds. The van der Waals surface area contributed by atoms with Gasteiger partial charge in [0, 0.05) is 30.7 Å². The molecule has 1 aromatic heterocycles. The van der Waals surface area contributed by atoms with Crippen molar-refractivity contribution in [2.24, 2.45) is 0 Å². The highest BCUT2D eigenvalue weighted by Crippen LogP contribution is 2.40. The largest absolute Gasteiger partial charge is 0.868 e. The number of non-ortho nitro benzene ring substituents is 1. The predicted molar refractivity (Wildman–Crippen MR) is 113 cm³/mol. The first-order chi connectivity index (χ1) is 14.6. The number of aromatic nitrogens is 1. The van der Waals surface area contributed by atoms with E-state index in [-0.39, 0.29) is 17.8 Å². The molecular weight excluding hydrogens is 420 g/mol. The number of Topliss-reactive ketones (excluding diaryl/α,β-unsaturated/α-hetero) is 1. The molecule has 0 saturated carbocycles. The number of carbonyl (C=O) groups is 2. The Hall–Kier alpha value is -3.11. The van der Waals surface area contributed by atoms with Crippen molar-refractivity contribution in [3.8, 4) is 0 Å². The zero-order valence-electron chi connectivity index (χ0n) is 17.8. The lowest BCUT2D eigenvalue weighted by atomic mass is 9.94. The van der Waals surface area contributed by atoms with Crippen molar-refractivity contribution < 1.29 is 24.5 Å². The molecule has 0 bridgehead atoms. The van der Waals surface area contributed by atoms with E-state index in [1.54, 1.807) is 19.9 Å². The van der Waals surface area contributed by atoms with Crippen molar-refractivity contribution in [3.05, 3.63) is 66.9 Å². The molecule has 2 aromatic rings. The van der Waals surface area contributed by atoms with Gasteiger partial charge in [0.1, 0.15) is 0 Å². The van der Waals surface area contributed by atoms with Gasteiger partial charge in [0.2, 0.25) is 11.7 Å². The van der Waals surface area contributed by atoms with Gasteiger partial charge in [0.15, 0.2) is 0 Å². The number of nitrogens with zero attached hydrogens (tertiary/aromatic N) is 3. The summed E-state index contributed by atoms with van der Waals surface area (Å²) in [6, 6.07) is 4.78. The summed E-state index contributed by atoms with van der Waals surface area (Å²) in [6.45, 7) is 4.46. The zero-order chi connectivity index (χ0) is 22.9. The maximum atomic E-state index is 13.4. The van der Waals surface area contributed by atoms with E-state index in [1.165, 1.54) is 39.3 Å². The average Bonchev–Trinajstić information content (AvgIpc) is 3.17. The summed E-state index contributed by atoms with van der Waals surface area (Å²) in [5.41, 5.74) is 0.522. The van der Waals surface area contributed by atoms with Gasteiger partial charge < -0.3 is 14.9 Å². The fourth-order valence-electron chi connectivity index (χ4n) is 3.72. The summed E-state index contributed by atoms with van der Waals surface area (Å²) >= 11 is 1.17. The number of thiazole rings is 1. The van der Waals surface area contributed by atoms with Crippen LogP contribution in [0.15, 0.2) is 35.6 Å². The lowest BCUT2D eigenvalue weighted by Gasteiger charge is -2.27. The van der Waals surface area contributed by atoms with E-state index in [4.69, 9.17) is 0 Å². The number of hydrogen-bond donors (Lipinski definition) is 1. The number of amides is 1. The molecule has 1 aromatic carbocycles. The minimum absolute atomic E-state index is 0.168. The van der Waals surface area contributed by atoms with Crippen LogP contribution in [0.5, 0.6) is 0 Å². The molecule has 2 heterocycles. The van der Waals surface area contributed by atoms with Crippen LogP contribution in [0.4, 0.5) is 5.69 Å². The molecule has 0 fully saturated rings. The molecule has 1 atom stereocenters. The normalized spacial score (nSPS) is 16.5. The second-order valence-electron chi connectivity index (χ2n) is 7.78. The van der Waals surface area contributed by atoms with Crippen molar-refractivity contribution in [1.82, 2.24) is 9.88 Å². The zero-order valence-corrected chi connectivity index (χ0v) is 18.6. The molecule has 0 saturated heterocycles. The molecule has 1 aliphatic heterocycles. The Labute approximate surface area is 183 Å². The number of aryl methyl sites for hydroxylation is 2. The topological polar surface area (TPSA) is 121 Å². The molecular formula is C21H24N4O5S. The summed E-state index contributed by atoms with van der Waals surface area (Å²) in [4.78, 5) is 44.1. The van der Waals surface area contributed by atoms with Crippen LogP contribution in [-0.2, 0) is 4.79 Å². The minimum Gasteiger partial charge on any atom is -0.868 e. The number of nitro benzene ring substituents is 1. The number of benzene rings is 1. The first-order valence-corrected chi connectivity index (χ1v) is 10.7. The molecule has 0 spiro atoms. The van der Waals surface area contributed by atoms with Gasteiger partial charge in [-0.3, -0.25) is 19.7 Å². The summed E-state index contributed by atoms with van der Waals surface area (Å²) in [7, 11) is 3.95. The van der Waals surface area contributed by atoms with Crippen molar-refractivity contribution in [2.75, 3.05) is 27.2 Å². The van der Waals surface area contributed by atoms with E-state index in [0.29, 0.717) is 27.6 Å². The van der Waals surface area contributed by atoms with Crippen molar-refractivity contribution in [3.63, 3.8) is 0 Å². The Morgan fingerprint density at radius 2 is 2.03 bits per heavy atom. The van der Waals surface area contributed by atoms with E-state index >= 15 is 0 Å². The van der Waals surface area contributed by atoms with E-state index < -0.39 is 28.4 Å². The van der Waals surface area contributed by atoms with Gasteiger partial charge in [-0.15, -0.1) is 11.3 Å². The van der Waals surface area contributed by atoms with E-state index in [1.807, 2.05) is 14.1 Å². The third-order valence-corrected chi connectivity index (χ3v) is 6.18. The second-order valence-corrected chi connectivity index (χ2v) is 8.99. The SMILES string of the molecule is Cc1nc(C)c(C(=O)C2=C([O-])C(=O)N(CCC[NH+](C)C)C2c2cccc([N+](=O)[O-])c2)s1. The summed E-state index contributed by atoms with van der Waals surface area (Å²) in [5.74, 6) is -2.16. The molecule has 10 heteroatoms. The molecule has 1 aliphatic rings. The second kappa shape index (κ2) is 8.94. The molecule has 164 valence electrons. The van der Waals surface area contributed by atoms with Crippen LogP contribution in [-0.4, -0.2) is 53.7 Å². The van der Waals surface area contributed by atoms with Gasteiger partial charge >= 0.3 is 0 Å². The van der Waals surface area contributed by atoms with Gasteiger partial charge in [-0.05, 0) is 25.2 Å². The van der Waals surface area contributed by atoms with Crippen molar-refractivity contribution in [1.29, 1.82) is 0 Å². The molecule has 3 rings (SSSR count). The monoisotopic (exact) mass is 444 g/mol. The number of rotatable bonds is 8. The fourth-order valence-corrected chi connectivity index (χ4v) is 4.60. The third kappa shape index (κ3) is 4.49.